The summed E-state index contributed by atoms with van der Waals surface area (Å²) in [5.74, 6) is 0. The number of carbonyl (C=O) groups excluding carboxylic acids is 1. The van der Waals surface area contributed by atoms with Gasteiger partial charge < -0.3 is 10.0 Å². The van der Waals surface area contributed by atoms with Gasteiger partial charge in [-0.25, -0.2) is 0 Å². The van der Waals surface area contributed by atoms with Crippen LogP contribution in [0.4, 0.5) is 4.79 Å². The van der Waals surface area contributed by atoms with Gasteiger partial charge in [-0.15, -0.1) is 0 Å². The Balaban J connectivity index is 1.92. The zero-order chi connectivity index (χ0) is 16.1. The SMILES string of the molecule is CC(O)CC1CCCN1Cc1ccc(SC(=O)N(C)C)cc1. The molecule has 22 heavy (non-hydrogen) atoms. The predicted molar refractivity (Wildman–Crippen MR) is 91.1 cm³/mol. The molecule has 1 saturated heterocycles. The number of carbonyl (C=O) groups is 1. The molecule has 2 rings (SSSR count). The van der Waals surface area contributed by atoms with Crippen molar-refractivity contribution in [3.05, 3.63) is 29.8 Å². The Morgan fingerprint density at radius 1 is 1.41 bits per heavy atom. The van der Waals surface area contributed by atoms with Gasteiger partial charge in [-0.05, 0) is 62.2 Å². The van der Waals surface area contributed by atoms with Crippen LogP contribution in [0.25, 0.3) is 0 Å². The van der Waals surface area contributed by atoms with Gasteiger partial charge in [0.25, 0.3) is 5.24 Å². The van der Waals surface area contributed by atoms with Crippen molar-refractivity contribution in [3.63, 3.8) is 0 Å². The summed E-state index contributed by atoms with van der Waals surface area (Å²) in [6, 6.07) is 8.72. The fourth-order valence-electron chi connectivity index (χ4n) is 2.85. The van der Waals surface area contributed by atoms with Crippen molar-refractivity contribution in [2.75, 3.05) is 20.6 Å². The molecule has 122 valence electrons. The van der Waals surface area contributed by atoms with Crippen LogP contribution in [0.5, 0.6) is 0 Å². The Labute approximate surface area is 137 Å². The van der Waals surface area contributed by atoms with E-state index in [1.807, 2.05) is 19.1 Å². The molecule has 1 aliphatic heterocycles. The van der Waals surface area contributed by atoms with Crippen molar-refractivity contribution in [1.29, 1.82) is 0 Å². The van der Waals surface area contributed by atoms with E-state index >= 15 is 0 Å². The number of benzene rings is 1. The number of rotatable bonds is 5. The van der Waals surface area contributed by atoms with Crippen molar-refractivity contribution in [1.82, 2.24) is 9.80 Å². The number of aliphatic hydroxyl groups is 1. The fraction of sp³-hybridized carbons (Fsp3) is 0.588. The van der Waals surface area contributed by atoms with E-state index in [1.54, 1.807) is 19.0 Å². The van der Waals surface area contributed by atoms with Crippen molar-refractivity contribution in [2.45, 2.75) is 49.8 Å². The molecule has 1 N–H and O–H groups in total. The molecule has 0 saturated carbocycles. The van der Waals surface area contributed by atoms with Crippen molar-refractivity contribution >= 4 is 17.0 Å². The highest BCUT2D eigenvalue weighted by Gasteiger charge is 2.25. The first kappa shape index (κ1) is 17.3. The maximum atomic E-state index is 11.7. The smallest absolute Gasteiger partial charge is 0.285 e. The van der Waals surface area contributed by atoms with Crippen LogP contribution in [0, 0.1) is 0 Å². The van der Waals surface area contributed by atoms with Crippen LogP contribution in [0.1, 0.15) is 31.7 Å². The second-order valence-corrected chi connectivity index (χ2v) is 7.28. The Bertz CT molecular complexity index is 488. The summed E-state index contributed by atoms with van der Waals surface area (Å²) in [4.78, 5) is 16.7. The molecule has 0 spiro atoms. The predicted octanol–water partition coefficient (Wildman–Crippen LogP) is 3.20. The van der Waals surface area contributed by atoms with Gasteiger partial charge in [0.1, 0.15) is 0 Å². The standard InChI is InChI=1S/C17H26N2O2S/c1-13(20)11-15-5-4-10-19(15)12-14-6-8-16(9-7-14)22-17(21)18(2)3/h6-9,13,15,20H,4-5,10-12H2,1-3H3. The molecule has 1 amide bonds. The lowest BCUT2D eigenvalue weighted by molar-refractivity contribution is 0.131. The van der Waals surface area contributed by atoms with E-state index in [0.717, 1.165) is 24.4 Å². The summed E-state index contributed by atoms with van der Waals surface area (Å²) in [7, 11) is 3.53. The van der Waals surface area contributed by atoms with E-state index in [1.165, 1.54) is 30.2 Å². The molecule has 0 aromatic heterocycles. The molecule has 2 unspecified atom stereocenters. The van der Waals surface area contributed by atoms with Gasteiger partial charge >= 0.3 is 0 Å². The lowest BCUT2D eigenvalue weighted by Crippen LogP contribution is -2.31. The molecule has 0 bridgehead atoms. The molecule has 0 radical (unpaired) electrons. The van der Waals surface area contributed by atoms with Gasteiger partial charge in [0.2, 0.25) is 0 Å². The van der Waals surface area contributed by atoms with E-state index < -0.39 is 0 Å². The van der Waals surface area contributed by atoms with Gasteiger partial charge in [0, 0.05) is 31.6 Å². The van der Waals surface area contributed by atoms with Gasteiger partial charge in [-0.1, -0.05) is 12.1 Å². The third-order valence-corrected chi connectivity index (χ3v) is 5.04. The lowest BCUT2D eigenvalue weighted by Gasteiger charge is -2.25. The number of hydrogen-bond donors (Lipinski definition) is 1. The van der Waals surface area contributed by atoms with Crippen LogP contribution in [0.15, 0.2) is 29.2 Å². The zero-order valence-corrected chi connectivity index (χ0v) is 14.5. The van der Waals surface area contributed by atoms with Crippen LogP contribution < -0.4 is 0 Å². The summed E-state index contributed by atoms with van der Waals surface area (Å²) in [5.41, 5.74) is 1.26. The minimum atomic E-state index is -0.235. The average molecular weight is 322 g/mol. The van der Waals surface area contributed by atoms with Gasteiger partial charge in [0.15, 0.2) is 0 Å². The van der Waals surface area contributed by atoms with E-state index in [4.69, 9.17) is 0 Å². The Hall–Kier alpha value is -1.04. The molecule has 0 aliphatic carbocycles. The minimum Gasteiger partial charge on any atom is -0.393 e. The quantitative estimate of drug-likeness (QED) is 0.846. The van der Waals surface area contributed by atoms with E-state index in [0.29, 0.717) is 6.04 Å². The van der Waals surface area contributed by atoms with Crippen molar-refractivity contribution < 1.29 is 9.90 Å². The summed E-state index contributed by atoms with van der Waals surface area (Å²) < 4.78 is 0. The Kier molecular flexibility index (Phi) is 6.29. The summed E-state index contributed by atoms with van der Waals surface area (Å²) >= 11 is 1.25. The second-order valence-electron chi connectivity index (χ2n) is 6.26. The van der Waals surface area contributed by atoms with E-state index in [-0.39, 0.29) is 11.3 Å². The number of amides is 1. The molecule has 2 atom stereocenters. The second kappa shape index (κ2) is 7.99. The highest BCUT2D eigenvalue weighted by atomic mass is 32.2. The highest BCUT2D eigenvalue weighted by Crippen LogP contribution is 2.25. The van der Waals surface area contributed by atoms with Crippen molar-refractivity contribution in [2.24, 2.45) is 0 Å². The van der Waals surface area contributed by atoms with Crippen LogP contribution in [-0.2, 0) is 6.54 Å². The monoisotopic (exact) mass is 322 g/mol. The minimum absolute atomic E-state index is 0.0456. The highest BCUT2D eigenvalue weighted by molar-refractivity contribution is 8.13. The summed E-state index contributed by atoms with van der Waals surface area (Å²) in [6.07, 6.45) is 3.01. The maximum Gasteiger partial charge on any atom is 0.285 e. The average Bonchev–Trinajstić information content (AvgIpc) is 2.87. The number of thioether (sulfide) groups is 1. The summed E-state index contributed by atoms with van der Waals surface area (Å²) in [6.45, 7) is 3.89. The maximum absolute atomic E-state index is 11.7. The number of nitrogens with zero attached hydrogens (tertiary/aromatic N) is 2. The van der Waals surface area contributed by atoms with Gasteiger partial charge in [-0.3, -0.25) is 9.69 Å². The molecular formula is C17H26N2O2S. The Morgan fingerprint density at radius 2 is 2.09 bits per heavy atom. The van der Waals surface area contributed by atoms with Crippen LogP contribution >= 0.6 is 11.8 Å². The normalized spacial score (nSPS) is 20.1. The molecule has 1 aromatic carbocycles. The van der Waals surface area contributed by atoms with Crippen LogP contribution in [0.2, 0.25) is 0 Å². The largest absolute Gasteiger partial charge is 0.393 e. The van der Waals surface area contributed by atoms with E-state index in [2.05, 4.69) is 17.0 Å². The fourth-order valence-corrected chi connectivity index (χ4v) is 3.51. The molecule has 1 heterocycles. The molecule has 1 aromatic rings. The molecule has 4 nitrogen and oxygen atoms in total. The van der Waals surface area contributed by atoms with Crippen LogP contribution in [0.3, 0.4) is 0 Å². The number of likely N-dealkylation sites (tertiary alicyclic amines) is 1. The first-order chi connectivity index (χ1) is 10.5. The van der Waals surface area contributed by atoms with Gasteiger partial charge in [0.05, 0.1) is 6.10 Å². The Morgan fingerprint density at radius 3 is 2.68 bits per heavy atom. The lowest BCUT2D eigenvalue weighted by atomic mass is 10.1. The summed E-state index contributed by atoms with van der Waals surface area (Å²) in [5, 5.41) is 9.64. The molecule has 5 heteroatoms. The third-order valence-electron chi connectivity index (χ3n) is 3.99. The first-order valence-corrected chi connectivity index (χ1v) is 8.67. The third kappa shape index (κ3) is 5.00. The molecule has 1 fully saturated rings. The zero-order valence-electron chi connectivity index (χ0n) is 13.7. The molecular weight excluding hydrogens is 296 g/mol. The number of aliphatic hydroxyl groups excluding tert-OH is 1. The first-order valence-electron chi connectivity index (χ1n) is 7.86. The molecule has 1 aliphatic rings. The van der Waals surface area contributed by atoms with Gasteiger partial charge in [-0.2, -0.15) is 0 Å². The van der Waals surface area contributed by atoms with E-state index in [9.17, 15) is 9.90 Å². The van der Waals surface area contributed by atoms with Crippen molar-refractivity contribution in [3.8, 4) is 0 Å². The van der Waals surface area contributed by atoms with Crippen LogP contribution in [-0.4, -0.2) is 52.9 Å². The topological polar surface area (TPSA) is 43.8 Å². The number of hydrogen-bond acceptors (Lipinski definition) is 4.